The topological polar surface area (TPSA) is 118 Å². The van der Waals surface area contributed by atoms with Gasteiger partial charge < -0.3 is 15.4 Å². The summed E-state index contributed by atoms with van der Waals surface area (Å²) in [6.45, 7) is 0. The maximum Gasteiger partial charge on any atom is 0.247 e. The van der Waals surface area contributed by atoms with Gasteiger partial charge in [-0.3, -0.25) is 4.79 Å². The van der Waals surface area contributed by atoms with E-state index in [1.54, 1.807) is 19.2 Å². The quantitative estimate of drug-likeness (QED) is 0.655. The first-order valence-corrected chi connectivity index (χ1v) is 7.68. The number of anilines is 2. The molecule has 0 saturated carbocycles. The summed E-state index contributed by atoms with van der Waals surface area (Å²) in [6, 6.07) is 10.6. The van der Waals surface area contributed by atoms with Crippen molar-refractivity contribution in [2.75, 3.05) is 17.7 Å². The molecule has 0 saturated heterocycles. The van der Waals surface area contributed by atoms with Gasteiger partial charge in [0, 0.05) is 23.7 Å². The Kier molecular flexibility index (Phi) is 3.73. The molecule has 3 aromatic rings. The van der Waals surface area contributed by atoms with Crippen LogP contribution in [0.1, 0.15) is 5.56 Å². The second-order valence-corrected chi connectivity index (χ2v) is 5.57. The van der Waals surface area contributed by atoms with Crippen molar-refractivity contribution < 1.29 is 9.53 Å². The Morgan fingerprint density at radius 2 is 2.24 bits per heavy atom. The minimum absolute atomic E-state index is 0.137. The Bertz CT molecular complexity index is 911. The van der Waals surface area contributed by atoms with Crippen molar-refractivity contribution in [1.82, 2.24) is 25.6 Å². The standard InChI is InChI=1S/C16H15N7O2/c1-25-13-6-5-10-8-12(18-14(10)19-13)16(24)17-11-4-2-3-9(7-11)15-20-22-23-21-15/h2-7,12H,8H2,1H3,(H,17,24)(H,18,19)(H,20,21,22,23). The summed E-state index contributed by atoms with van der Waals surface area (Å²) in [6.07, 6.45) is 0.572. The molecule has 0 fully saturated rings. The smallest absolute Gasteiger partial charge is 0.247 e. The largest absolute Gasteiger partial charge is 0.481 e. The SMILES string of the molecule is COc1ccc2c(n1)NC(C(=O)Nc1cccc(-c3nn[nH]n3)c1)C2. The Balaban J connectivity index is 1.47. The predicted molar refractivity (Wildman–Crippen MR) is 90.1 cm³/mol. The Morgan fingerprint density at radius 3 is 3.04 bits per heavy atom. The van der Waals surface area contributed by atoms with E-state index in [9.17, 15) is 4.79 Å². The molecule has 2 aromatic heterocycles. The molecule has 126 valence electrons. The highest BCUT2D eigenvalue weighted by Gasteiger charge is 2.28. The van der Waals surface area contributed by atoms with E-state index in [1.165, 1.54) is 0 Å². The lowest BCUT2D eigenvalue weighted by atomic mass is 10.1. The minimum atomic E-state index is -0.386. The summed E-state index contributed by atoms with van der Waals surface area (Å²) >= 11 is 0. The monoisotopic (exact) mass is 337 g/mol. The summed E-state index contributed by atoms with van der Waals surface area (Å²) in [5.41, 5.74) is 2.41. The number of benzene rings is 1. The predicted octanol–water partition coefficient (Wildman–Crippen LogP) is 1.25. The van der Waals surface area contributed by atoms with Crippen LogP contribution in [0.4, 0.5) is 11.5 Å². The number of rotatable bonds is 4. The minimum Gasteiger partial charge on any atom is -0.481 e. The number of nitrogens with one attached hydrogen (secondary N) is 3. The zero-order chi connectivity index (χ0) is 17.2. The Hall–Kier alpha value is -3.49. The third-order valence-electron chi connectivity index (χ3n) is 3.95. The maximum absolute atomic E-state index is 12.6. The zero-order valence-electron chi connectivity index (χ0n) is 13.4. The molecule has 1 unspecified atom stereocenters. The molecular weight excluding hydrogens is 322 g/mol. The van der Waals surface area contributed by atoms with E-state index in [0.29, 0.717) is 29.6 Å². The van der Waals surface area contributed by atoms with Gasteiger partial charge >= 0.3 is 0 Å². The second-order valence-electron chi connectivity index (χ2n) is 5.57. The summed E-state index contributed by atoms with van der Waals surface area (Å²) in [5.74, 6) is 1.53. The number of amides is 1. The van der Waals surface area contributed by atoms with Crippen LogP contribution in [0.2, 0.25) is 0 Å². The molecule has 0 spiro atoms. The van der Waals surface area contributed by atoms with Crippen molar-refractivity contribution in [1.29, 1.82) is 0 Å². The lowest BCUT2D eigenvalue weighted by Gasteiger charge is -2.12. The van der Waals surface area contributed by atoms with E-state index in [1.807, 2.05) is 24.3 Å². The number of pyridine rings is 1. The summed E-state index contributed by atoms with van der Waals surface area (Å²) < 4.78 is 5.11. The molecule has 0 bridgehead atoms. The number of methoxy groups -OCH3 is 1. The number of nitrogens with zero attached hydrogens (tertiary/aromatic N) is 4. The number of aromatic amines is 1. The Labute approximate surface area is 142 Å². The van der Waals surface area contributed by atoms with Gasteiger partial charge in [-0.2, -0.15) is 10.2 Å². The van der Waals surface area contributed by atoms with Crippen LogP contribution < -0.4 is 15.4 Å². The van der Waals surface area contributed by atoms with Crippen molar-refractivity contribution in [2.24, 2.45) is 0 Å². The number of hydrogen-bond acceptors (Lipinski definition) is 7. The van der Waals surface area contributed by atoms with Gasteiger partial charge in [-0.15, -0.1) is 10.2 Å². The van der Waals surface area contributed by atoms with Gasteiger partial charge in [0.1, 0.15) is 11.9 Å². The molecule has 1 amide bonds. The third kappa shape index (κ3) is 2.99. The lowest BCUT2D eigenvalue weighted by Crippen LogP contribution is -2.32. The number of aromatic nitrogens is 5. The fourth-order valence-corrected chi connectivity index (χ4v) is 2.72. The van der Waals surface area contributed by atoms with Gasteiger partial charge in [-0.05, 0) is 29.0 Å². The van der Waals surface area contributed by atoms with Crippen molar-refractivity contribution in [3.8, 4) is 17.3 Å². The van der Waals surface area contributed by atoms with Gasteiger partial charge in [-0.25, -0.2) is 0 Å². The fourth-order valence-electron chi connectivity index (χ4n) is 2.72. The number of fused-ring (bicyclic) bond motifs is 1. The van der Waals surface area contributed by atoms with E-state index in [2.05, 4.69) is 36.2 Å². The fraction of sp³-hybridized carbons (Fsp3) is 0.188. The number of carbonyl (C=O) groups excluding carboxylic acids is 1. The molecule has 25 heavy (non-hydrogen) atoms. The van der Waals surface area contributed by atoms with E-state index in [0.717, 1.165) is 11.1 Å². The van der Waals surface area contributed by atoms with Gasteiger partial charge in [0.25, 0.3) is 0 Å². The molecule has 3 heterocycles. The van der Waals surface area contributed by atoms with Crippen molar-refractivity contribution in [2.45, 2.75) is 12.5 Å². The highest BCUT2D eigenvalue weighted by molar-refractivity contribution is 5.98. The highest BCUT2D eigenvalue weighted by atomic mass is 16.5. The van der Waals surface area contributed by atoms with Gasteiger partial charge in [0.15, 0.2) is 0 Å². The zero-order valence-corrected chi connectivity index (χ0v) is 13.4. The van der Waals surface area contributed by atoms with Crippen molar-refractivity contribution >= 4 is 17.4 Å². The highest BCUT2D eigenvalue weighted by Crippen LogP contribution is 2.27. The summed E-state index contributed by atoms with van der Waals surface area (Å²) in [4.78, 5) is 16.9. The first-order valence-electron chi connectivity index (χ1n) is 7.68. The molecule has 1 aliphatic rings. The van der Waals surface area contributed by atoms with Crippen LogP contribution in [0.25, 0.3) is 11.4 Å². The van der Waals surface area contributed by atoms with Crippen LogP contribution >= 0.6 is 0 Å². The summed E-state index contributed by atoms with van der Waals surface area (Å²) in [5, 5.41) is 19.8. The first-order chi connectivity index (χ1) is 12.2. The van der Waals surface area contributed by atoms with Crippen LogP contribution in [0.3, 0.4) is 0 Å². The van der Waals surface area contributed by atoms with Gasteiger partial charge in [0.05, 0.1) is 7.11 Å². The molecular formula is C16H15N7O2. The number of carbonyl (C=O) groups is 1. The van der Waals surface area contributed by atoms with E-state index in [-0.39, 0.29) is 11.9 Å². The van der Waals surface area contributed by atoms with Gasteiger partial charge in [0.2, 0.25) is 17.6 Å². The normalized spacial score (nSPS) is 15.3. The first kappa shape index (κ1) is 15.1. The number of hydrogen-bond donors (Lipinski definition) is 3. The van der Waals surface area contributed by atoms with Crippen LogP contribution in [-0.2, 0) is 11.2 Å². The van der Waals surface area contributed by atoms with Crippen LogP contribution in [-0.4, -0.2) is 44.7 Å². The van der Waals surface area contributed by atoms with E-state index >= 15 is 0 Å². The molecule has 0 radical (unpaired) electrons. The van der Waals surface area contributed by atoms with E-state index < -0.39 is 0 Å². The summed E-state index contributed by atoms with van der Waals surface area (Å²) in [7, 11) is 1.56. The van der Waals surface area contributed by atoms with Crippen molar-refractivity contribution in [3.05, 3.63) is 42.0 Å². The second kappa shape index (κ2) is 6.19. The molecule has 1 aromatic carbocycles. The number of tetrazole rings is 1. The molecule has 1 aliphatic heterocycles. The molecule has 9 nitrogen and oxygen atoms in total. The van der Waals surface area contributed by atoms with E-state index in [4.69, 9.17) is 4.74 Å². The molecule has 4 rings (SSSR count). The lowest BCUT2D eigenvalue weighted by molar-refractivity contribution is -0.116. The molecule has 0 aliphatic carbocycles. The molecule has 1 atom stereocenters. The number of H-pyrrole nitrogens is 1. The average Bonchev–Trinajstić information content (AvgIpc) is 3.31. The molecule has 9 heteroatoms. The number of ether oxygens (including phenoxy) is 1. The van der Waals surface area contributed by atoms with Crippen molar-refractivity contribution in [3.63, 3.8) is 0 Å². The third-order valence-corrected chi connectivity index (χ3v) is 3.95. The Morgan fingerprint density at radius 1 is 1.32 bits per heavy atom. The molecule has 3 N–H and O–H groups in total. The average molecular weight is 337 g/mol. The van der Waals surface area contributed by atoms with Crippen LogP contribution in [0, 0.1) is 0 Å². The maximum atomic E-state index is 12.6. The van der Waals surface area contributed by atoms with Crippen LogP contribution in [0.5, 0.6) is 5.88 Å². The van der Waals surface area contributed by atoms with Gasteiger partial charge in [-0.1, -0.05) is 12.1 Å². The van der Waals surface area contributed by atoms with Crippen LogP contribution in [0.15, 0.2) is 36.4 Å².